The first-order valence-corrected chi connectivity index (χ1v) is 7.38. The van der Waals surface area contributed by atoms with E-state index >= 15 is 0 Å². The molecule has 0 radical (unpaired) electrons. The number of nitrogens with two attached hydrogens (primary N) is 1. The molecule has 1 atom stereocenters. The topological polar surface area (TPSA) is 58.4 Å². The Morgan fingerprint density at radius 3 is 2.52 bits per heavy atom. The molecule has 0 saturated carbocycles. The zero-order valence-corrected chi connectivity index (χ0v) is 12.9. The zero-order valence-electron chi connectivity index (χ0n) is 12.9. The molecule has 1 unspecified atom stereocenters. The third-order valence-electron chi connectivity index (χ3n) is 3.53. The molecule has 114 valence electrons. The van der Waals surface area contributed by atoms with Gasteiger partial charge in [0.25, 0.3) is 0 Å². The van der Waals surface area contributed by atoms with Crippen LogP contribution in [0.1, 0.15) is 31.4 Å². The summed E-state index contributed by atoms with van der Waals surface area (Å²) in [5, 5.41) is 2.86. The minimum atomic E-state index is -0.634. The number of nitrogens with zero attached hydrogens (tertiary/aromatic N) is 1. The number of terminal acetylenes is 1. The second kappa shape index (κ2) is 9.17. The molecule has 1 rings (SSSR count). The summed E-state index contributed by atoms with van der Waals surface area (Å²) in [7, 11) is 0. The number of hydrogen-bond acceptors (Lipinski definition) is 3. The highest BCUT2D eigenvalue weighted by Crippen LogP contribution is 2.11. The van der Waals surface area contributed by atoms with Gasteiger partial charge in [-0.2, -0.15) is 0 Å². The third-order valence-corrected chi connectivity index (χ3v) is 3.53. The molecule has 0 spiro atoms. The fourth-order valence-electron chi connectivity index (χ4n) is 2.11. The monoisotopic (exact) mass is 287 g/mol. The maximum Gasteiger partial charge on any atom is 0.238 e. The Labute approximate surface area is 127 Å². The van der Waals surface area contributed by atoms with Gasteiger partial charge in [-0.15, -0.1) is 12.3 Å². The van der Waals surface area contributed by atoms with Crippen molar-refractivity contribution in [3.8, 4) is 12.3 Å². The standard InChI is InChI=1S/C17H25N3O/c1-4-9-16(18)17(21)19-12-14-10-7-8-11-15(14)13-20(5-2)6-3/h1,7-8,10-11,16H,5-6,9,12-13,18H2,2-3H3,(H,19,21). The number of benzene rings is 1. The van der Waals surface area contributed by atoms with Crippen LogP contribution >= 0.6 is 0 Å². The largest absolute Gasteiger partial charge is 0.351 e. The van der Waals surface area contributed by atoms with Crippen LogP contribution in [0.15, 0.2) is 24.3 Å². The van der Waals surface area contributed by atoms with Crippen LogP contribution in [-0.2, 0) is 17.9 Å². The van der Waals surface area contributed by atoms with E-state index in [0.29, 0.717) is 6.54 Å². The van der Waals surface area contributed by atoms with E-state index in [4.69, 9.17) is 12.2 Å². The minimum Gasteiger partial charge on any atom is -0.351 e. The number of nitrogens with one attached hydrogen (secondary N) is 1. The van der Waals surface area contributed by atoms with Gasteiger partial charge >= 0.3 is 0 Å². The summed E-state index contributed by atoms with van der Waals surface area (Å²) < 4.78 is 0. The van der Waals surface area contributed by atoms with Gasteiger partial charge in [-0.3, -0.25) is 9.69 Å². The van der Waals surface area contributed by atoms with Gasteiger partial charge in [0.1, 0.15) is 0 Å². The summed E-state index contributed by atoms with van der Waals surface area (Å²) in [6.07, 6.45) is 5.43. The quantitative estimate of drug-likeness (QED) is 0.712. The van der Waals surface area contributed by atoms with E-state index in [9.17, 15) is 4.79 Å². The van der Waals surface area contributed by atoms with Crippen LogP contribution < -0.4 is 11.1 Å². The van der Waals surface area contributed by atoms with Crippen molar-refractivity contribution in [2.24, 2.45) is 5.73 Å². The molecular formula is C17H25N3O. The molecule has 1 aromatic rings. The van der Waals surface area contributed by atoms with Crippen LogP contribution in [0.4, 0.5) is 0 Å². The first kappa shape index (κ1) is 17.2. The highest BCUT2D eigenvalue weighted by molar-refractivity contribution is 5.81. The predicted octanol–water partition coefficient (Wildman–Crippen LogP) is 1.50. The Kier molecular flexibility index (Phi) is 7.52. The number of amides is 1. The lowest BCUT2D eigenvalue weighted by Crippen LogP contribution is -2.40. The van der Waals surface area contributed by atoms with Crippen molar-refractivity contribution in [1.82, 2.24) is 10.2 Å². The van der Waals surface area contributed by atoms with E-state index < -0.39 is 6.04 Å². The van der Waals surface area contributed by atoms with E-state index in [1.807, 2.05) is 18.2 Å². The molecule has 0 fully saturated rings. The van der Waals surface area contributed by atoms with Gasteiger partial charge in [0.2, 0.25) is 5.91 Å². The van der Waals surface area contributed by atoms with Crippen LogP contribution in [-0.4, -0.2) is 29.9 Å². The van der Waals surface area contributed by atoms with E-state index in [-0.39, 0.29) is 12.3 Å². The molecule has 0 aromatic heterocycles. The Bertz CT molecular complexity index is 489. The van der Waals surface area contributed by atoms with Crippen molar-refractivity contribution < 1.29 is 4.79 Å². The van der Waals surface area contributed by atoms with Crippen molar-refractivity contribution in [3.05, 3.63) is 35.4 Å². The molecule has 21 heavy (non-hydrogen) atoms. The minimum absolute atomic E-state index is 0.203. The third kappa shape index (κ3) is 5.58. The molecule has 0 bridgehead atoms. The van der Waals surface area contributed by atoms with Gasteiger partial charge in [0.15, 0.2) is 0 Å². The molecule has 0 heterocycles. The van der Waals surface area contributed by atoms with Crippen molar-refractivity contribution >= 4 is 5.91 Å². The van der Waals surface area contributed by atoms with Gasteiger partial charge in [-0.1, -0.05) is 38.1 Å². The van der Waals surface area contributed by atoms with E-state index in [1.165, 1.54) is 5.56 Å². The number of carbonyl (C=O) groups excluding carboxylic acids is 1. The van der Waals surface area contributed by atoms with Gasteiger partial charge in [-0.25, -0.2) is 0 Å². The highest BCUT2D eigenvalue weighted by Gasteiger charge is 2.12. The van der Waals surface area contributed by atoms with Crippen LogP contribution in [0, 0.1) is 12.3 Å². The molecule has 3 N–H and O–H groups in total. The smallest absolute Gasteiger partial charge is 0.238 e. The molecule has 0 saturated heterocycles. The van der Waals surface area contributed by atoms with Crippen LogP contribution in [0.3, 0.4) is 0 Å². The summed E-state index contributed by atoms with van der Waals surface area (Å²) in [6.45, 7) is 7.66. The lowest BCUT2D eigenvalue weighted by molar-refractivity contribution is -0.122. The second-order valence-corrected chi connectivity index (χ2v) is 4.96. The molecule has 0 aliphatic heterocycles. The van der Waals surface area contributed by atoms with Gasteiger partial charge in [0, 0.05) is 19.5 Å². The molecule has 1 aromatic carbocycles. The van der Waals surface area contributed by atoms with Gasteiger partial charge < -0.3 is 11.1 Å². The Balaban J connectivity index is 2.67. The molecule has 0 aliphatic rings. The Morgan fingerprint density at radius 2 is 1.95 bits per heavy atom. The van der Waals surface area contributed by atoms with Gasteiger partial charge in [-0.05, 0) is 24.2 Å². The van der Waals surface area contributed by atoms with Gasteiger partial charge in [0.05, 0.1) is 6.04 Å². The van der Waals surface area contributed by atoms with Crippen LogP contribution in [0.2, 0.25) is 0 Å². The van der Waals surface area contributed by atoms with E-state index in [0.717, 1.165) is 25.2 Å². The first-order valence-electron chi connectivity index (χ1n) is 7.38. The highest BCUT2D eigenvalue weighted by atomic mass is 16.2. The average Bonchev–Trinajstić information content (AvgIpc) is 2.51. The lowest BCUT2D eigenvalue weighted by atomic mass is 10.1. The zero-order chi connectivity index (χ0) is 15.7. The Hall–Kier alpha value is -1.83. The second-order valence-electron chi connectivity index (χ2n) is 4.96. The van der Waals surface area contributed by atoms with Crippen molar-refractivity contribution in [3.63, 3.8) is 0 Å². The summed E-state index contributed by atoms with van der Waals surface area (Å²) in [5.41, 5.74) is 8.04. The van der Waals surface area contributed by atoms with Crippen molar-refractivity contribution in [2.45, 2.75) is 39.4 Å². The molecule has 4 heteroatoms. The average molecular weight is 287 g/mol. The maximum absolute atomic E-state index is 11.8. The Morgan fingerprint density at radius 1 is 1.33 bits per heavy atom. The van der Waals surface area contributed by atoms with Crippen LogP contribution in [0.25, 0.3) is 0 Å². The lowest BCUT2D eigenvalue weighted by Gasteiger charge is -2.20. The SMILES string of the molecule is C#CCC(N)C(=O)NCc1ccccc1CN(CC)CC. The summed E-state index contributed by atoms with van der Waals surface area (Å²) in [5.74, 6) is 2.20. The van der Waals surface area contributed by atoms with Crippen LogP contribution in [0.5, 0.6) is 0 Å². The first-order chi connectivity index (χ1) is 10.1. The fraction of sp³-hybridized carbons (Fsp3) is 0.471. The maximum atomic E-state index is 11.8. The normalized spacial score (nSPS) is 12.0. The van der Waals surface area contributed by atoms with Crippen molar-refractivity contribution in [2.75, 3.05) is 13.1 Å². The fourth-order valence-corrected chi connectivity index (χ4v) is 2.11. The summed E-state index contributed by atoms with van der Waals surface area (Å²) in [4.78, 5) is 14.1. The number of rotatable bonds is 8. The number of hydrogen-bond donors (Lipinski definition) is 2. The summed E-state index contributed by atoms with van der Waals surface area (Å²) in [6, 6.07) is 7.50. The number of carbonyl (C=O) groups is 1. The molecular weight excluding hydrogens is 262 g/mol. The van der Waals surface area contributed by atoms with E-state index in [1.54, 1.807) is 0 Å². The molecule has 0 aliphatic carbocycles. The predicted molar refractivity (Wildman–Crippen MR) is 86.3 cm³/mol. The van der Waals surface area contributed by atoms with E-state index in [2.05, 4.69) is 36.1 Å². The van der Waals surface area contributed by atoms with Crippen molar-refractivity contribution in [1.29, 1.82) is 0 Å². The molecule has 4 nitrogen and oxygen atoms in total. The summed E-state index contributed by atoms with van der Waals surface area (Å²) >= 11 is 0. The molecule has 1 amide bonds.